The molecule has 0 atom stereocenters. The molecule has 0 radical (unpaired) electrons. The van der Waals surface area contributed by atoms with Crippen LogP contribution in [0.1, 0.15) is 58.1 Å². The fourth-order valence-corrected chi connectivity index (χ4v) is 8.54. The quantitative estimate of drug-likeness (QED) is 0.215. The molecule has 0 unspecified atom stereocenters. The molecule has 14 heteroatoms. The number of nitrogens with zero attached hydrogens (tertiary/aromatic N) is 4. The number of phenolic OH excluding ortho intramolecular Hbond substituents is 1. The smallest absolute Gasteiger partial charge is 0.266 e. The monoisotopic (exact) mass is 803 g/mol. The summed E-state index contributed by atoms with van der Waals surface area (Å²) in [4.78, 5) is 115. The van der Waals surface area contributed by atoms with Gasteiger partial charge in [0.25, 0.3) is 45.9 Å². The van der Waals surface area contributed by atoms with Crippen molar-refractivity contribution in [2.75, 3.05) is 9.80 Å². The van der Waals surface area contributed by atoms with Crippen molar-refractivity contribution in [2.24, 2.45) is 4.99 Å². The van der Waals surface area contributed by atoms with Crippen LogP contribution in [0, 0.1) is 6.92 Å². The number of H-pyrrole nitrogens is 1. The number of carbonyl (C=O) groups is 4. The largest absolute Gasteiger partial charge is 0.507 e. The first-order chi connectivity index (χ1) is 29.4. The zero-order valence-electron chi connectivity index (χ0n) is 31.6. The van der Waals surface area contributed by atoms with Gasteiger partial charge in [0, 0.05) is 12.0 Å². The van der Waals surface area contributed by atoms with Gasteiger partial charge in [0.1, 0.15) is 5.75 Å². The van der Waals surface area contributed by atoms with Crippen LogP contribution in [0.4, 0.5) is 17.1 Å². The molecule has 292 valence electrons. The summed E-state index contributed by atoms with van der Waals surface area (Å²) < 4.78 is 0.891. The number of aromatic nitrogens is 2. The minimum absolute atomic E-state index is 0.000518. The van der Waals surface area contributed by atoms with Gasteiger partial charge in [-0.15, -0.1) is 0 Å². The third-order valence-corrected chi connectivity index (χ3v) is 11.6. The lowest BCUT2D eigenvalue weighted by Gasteiger charge is -2.16. The predicted molar refractivity (Wildman–Crippen MR) is 226 cm³/mol. The highest BCUT2D eigenvalue weighted by Crippen LogP contribution is 2.38. The van der Waals surface area contributed by atoms with Crippen molar-refractivity contribution in [3.63, 3.8) is 0 Å². The molecule has 5 heterocycles. The zero-order chi connectivity index (χ0) is 42.2. The molecule has 8 aromatic rings. The summed E-state index contributed by atoms with van der Waals surface area (Å²) in [6, 6.07) is 28.0. The van der Waals surface area contributed by atoms with Gasteiger partial charge in [0.2, 0.25) is 0 Å². The molecular formula is C47H25N5O9. The Hall–Kier alpha value is -8.65. The molecule has 0 bridgehead atoms. The molecule has 2 N–H and O–H groups in total. The number of benzene rings is 6. The van der Waals surface area contributed by atoms with Crippen LogP contribution in [0.5, 0.6) is 5.75 Å². The maximum absolute atomic E-state index is 13.9. The number of amides is 4. The van der Waals surface area contributed by atoms with Gasteiger partial charge in [-0.2, -0.15) is 0 Å². The number of aliphatic imine (C=N–C) groups is 1. The molecule has 6 aromatic carbocycles. The lowest BCUT2D eigenvalue weighted by atomic mass is 9.97. The molecule has 0 saturated carbocycles. The fourth-order valence-electron chi connectivity index (χ4n) is 8.54. The number of hydrogen-bond donors (Lipinski definition) is 2. The van der Waals surface area contributed by atoms with Crippen molar-refractivity contribution in [1.82, 2.24) is 9.55 Å². The van der Waals surface area contributed by atoms with E-state index in [-0.39, 0.29) is 66.6 Å². The highest BCUT2D eigenvalue weighted by atomic mass is 16.3. The van der Waals surface area contributed by atoms with E-state index in [2.05, 4.69) is 4.98 Å². The van der Waals surface area contributed by atoms with Crippen LogP contribution in [0.25, 0.3) is 38.4 Å². The van der Waals surface area contributed by atoms with Crippen LogP contribution >= 0.6 is 0 Å². The Bertz CT molecular complexity index is 3590. The molecule has 0 spiro atoms. The number of aryl methyl sites for hydroxylation is 1. The van der Waals surface area contributed by atoms with E-state index in [0.29, 0.717) is 28.8 Å². The first kappa shape index (κ1) is 35.5. The Balaban J connectivity index is 0.866. The summed E-state index contributed by atoms with van der Waals surface area (Å²) >= 11 is 0. The number of aromatic amines is 1. The molecule has 11 rings (SSSR count). The Morgan fingerprint density at radius 3 is 1.62 bits per heavy atom. The van der Waals surface area contributed by atoms with Crippen molar-refractivity contribution in [3.8, 4) is 22.6 Å². The van der Waals surface area contributed by atoms with Crippen molar-refractivity contribution in [1.29, 1.82) is 0 Å². The topological polar surface area (TPSA) is 196 Å². The number of imide groups is 2. The molecule has 61 heavy (non-hydrogen) atoms. The molecule has 4 amide bonds. The SMILES string of the molecule is Cc1ccc2c(c1)N=C(c1cc(N3C(=O)c4ccc(-c5ccc6c(c5)C(=O)N(c5ccc(-n7c(=O)c8cc9c(=O)[nH]c(=O)c9cc8c7=O)cc5)C6=O)cc4C3=O)ccc1O)C2. The highest BCUT2D eigenvalue weighted by Gasteiger charge is 2.39. The summed E-state index contributed by atoms with van der Waals surface area (Å²) in [5.74, 6) is -2.36. The first-order valence-electron chi connectivity index (χ1n) is 19.0. The molecule has 3 aliphatic rings. The van der Waals surface area contributed by atoms with E-state index in [1.54, 1.807) is 30.3 Å². The van der Waals surface area contributed by atoms with Gasteiger partial charge in [-0.05, 0) is 114 Å². The van der Waals surface area contributed by atoms with Crippen molar-refractivity contribution < 1.29 is 24.3 Å². The first-order valence-corrected chi connectivity index (χ1v) is 19.0. The predicted octanol–water partition coefficient (Wildman–Crippen LogP) is 5.39. The number of rotatable bonds is 5. The lowest BCUT2D eigenvalue weighted by Crippen LogP contribution is -2.29. The fraction of sp³-hybridized carbons (Fsp3) is 0.0426. The van der Waals surface area contributed by atoms with Gasteiger partial charge < -0.3 is 5.11 Å². The highest BCUT2D eigenvalue weighted by molar-refractivity contribution is 6.36. The lowest BCUT2D eigenvalue weighted by molar-refractivity contribution is 0.0910. The number of phenols is 1. The third kappa shape index (κ3) is 5.05. The Labute approximate surface area is 341 Å². The molecule has 3 aliphatic heterocycles. The maximum atomic E-state index is 13.9. The van der Waals surface area contributed by atoms with Crippen LogP contribution in [-0.4, -0.2) is 44.0 Å². The Kier molecular flexibility index (Phi) is 7.23. The number of fused-ring (bicyclic) bond motifs is 5. The van der Waals surface area contributed by atoms with E-state index in [1.807, 2.05) is 25.1 Å². The maximum Gasteiger partial charge on any atom is 0.266 e. The molecule has 0 aliphatic carbocycles. The van der Waals surface area contributed by atoms with E-state index in [4.69, 9.17) is 4.99 Å². The van der Waals surface area contributed by atoms with Crippen LogP contribution in [0.2, 0.25) is 0 Å². The average Bonchev–Trinajstić information content (AvgIpc) is 4.00. The number of nitrogens with one attached hydrogen (secondary N) is 1. The van der Waals surface area contributed by atoms with Gasteiger partial charge in [-0.1, -0.05) is 24.3 Å². The minimum Gasteiger partial charge on any atom is -0.507 e. The summed E-state index contributed by atoms with van der Waals surface area (Å²) in [6.45, 7) is 1.97. The molecule has 0 fully saturated rings. The van der Waals surface area contributed by atoms with Gasteiger partial charge in [-0.25, -0.2) is 14.4 Å². The average molecular weight is 804 g/mol. The van der Waals surface area contributed by atoms with E-state index in [9.17, 15) is 43.5 Å². The molecular weight excluding hydrogens is 779 g/mol. The zero-order valence-corrected chi connectivity index (χ0v) is 31.6. The third-order valence-electron chi connectivity index (χ3n) is 11.6. The van der Waals surface area contributed by atoms with E-state index in [1.165, 1.54) is 60.7 Å². The van der Waals surface area contributed by atoms with E-state index in [0.717, 1.165) is 31.2 Å². The van der Waals surface area contributed by atoms with Crippen molar-refractivity contribution in [3.05, 3.63) is 190 Å². The van der Waals surface area contributed by atoms with Gasteiger partial charge in [0.15, 0.2) is 0 Å². The number of hydrogen-bond acceptors (Lipinski definition) is 10. The van der Waals surface area contributed by atoms with Gasteiger partial charge in [-0.3, -0.25) is 48.3 Å². The van der Waals surface area contributed by atoms with Gasteiger partial charge in [0.05, 0.1) is 72.3 Å². The minimum atomic E-state index is -0.702. The Morgan fingerprint density at radius 1 is 0.508 bits per heavy atom. The van der Waals surface area contributed by atoms with E-state index >= 15 is 0 Å². The van der Waals surface area contributed by atoms with Crippen LogP contribution < -0.4 is 32.0 Å². The van der Waals surface area contributed by atoms with Gasteiger partial charge >= 0.3 is 0 Å². The second-order valence-corrected chi connectivity index (χ2v) is 15.2. The summed E-state index contributed by atoms with van der Waals surface area (Å²) in [5.41, 5.74) is 3.32. The number of anilines is 2. The summed E-state index contributed by atoms with van der Waals surface area (Å²) in [7, 11) is 0. The van der Waals surface area contributed by atoms with Crippen LogP contribution in [-0.2, 0) is 6.42 Å². The molecule has 0 saturated heterocycles. The Morgan fingerprint density at radius 2 is 1.03 bits per heavy atom. The van der Waals surface area contributed by atoms with E-state index < -0.39 is 45.9 Å². The van der Waals surface area contributed by atoms with Crippen LogP contribution in [0.15, 0.2) is 133 Å². The molecule has 2 aromatic heterocycles. The summed E-state index contributed by atoms with van der Waals surface area (Å²) in [6.07, 6.45) is 0.479. The summed E-state index contributed by atoms with van der Waals surface area (Å²) in [5, 5.41) is 10.7. The standard InChI is InChI=1S/C47H25N5O9/c1-21-2-3-24-17-38(48-37(24)14-21)36-18-27(10-13-39(36)53)52-43(57)29-12-5-23(16-33(29)45(52)59)22-4-11-28-32(15-22)44(58)50(42(28)56)25-6-8-26(9-7-25)51-46(60)34-19-30-31(20-35(34)47(51)61)41(55)49-40(30)54/h2-16,18-20,53H,17H2,1H3,(H,49,54,55). The normalized spacial score (nSPS) is 14.4. The van der Waals surface area contributed by atoms with Crippen molar-refractivity contribution in [2.45, 2.75) is 13.3 Å². The second kappa shape index (κ2) is 12.4. The number of aromatic hydroxyl groups is 1. The van der Waals surface area contributed by atoms with Crippen molar-refractivity contribution >= 4 is 67.9 Å². The van der Waals surface area contributed by atoms with Crippen LogP contribution in [0.3, 0.4) is 0 Å². The number of carbonyl (C=O) groups excluding carboxylic acids is 4. The second-order valence-electron chi connectivity index (χ2n) is 15.2. The molecule has 14 nitrogen and oxygen atoms in total.